The van der Waals surface area contributed by atoms with Gasteiger partial charge in [0.15, 0.2) is 0 Å². The van der Waals surface area contributed by atoms with Crippen LogP contribution in [0.5, 0.6) is 0 Å². The minimum Gasteiger partial charge on any atom is -0.388 e. The highest BCUT2D eigenvalue weighted by Crippen LogP contribution is 2.15. The Morgan fingerprint density at radius 2 is 1.90 bits per heavy atom. The summed E-state index contributed by atoms with van der Waals surface area (Å²) in [6, 6.07) is 5.39. The van der Waals surface area contributed by atoms with E-state index in [4.69, 9.17) is 0 Å². The highest BCUT2D eigenvalue weighted by Gasteiger charge is 2.09. The van der Waals surface area contributed by atoms with Gasteiger partial charge in [-0.15, -0.1) is 0 Å². The second-order valence-corrected chi connectivity index (χ2v) is 5.16. The van der Waals surface area contributed by atoms with E-state index < -0.39 is 0 Å². The summed E-state index contributed by atoms with van der Waals surface area (Å²) in [7, 11) is 1.83. The molecule has 5 nitrogen and oxygen atoms in total. The molecule has 0 spiro atoms. The monoisotopic (exact) mass is 277 g/mol. The Morgan fingerprint density at radius 3 is 2.45 bits per heavy atom. The number of hydrogen-bond acceptors (Lipinski definition) is 3. The lowest BCUT2D eigenvalue weighted by Gasteiger charge is -2.10. The van der Waals surface area contributed by atoms with E-state index in [1.54, 1.807) is 12.1 Å². The third-order valence-corrected chi connectivity index (χ3v) is 2.87. The van der Waals surface area contributed by atoms with Crippen molar-refractivity contribution in [2.75, 3.05) is 25.5 Å². The number of amides is 2. The average molecular weight is 277 g/mol. The van der Waals surface area contributed by atoms with Crippen LogP contribution in [-0.4, -0.2) is 32.0 Å². The topological polar surface area (TPSA) is 70.2 Å². The molecule has 1 rings (SSSR count). The van der Waals surface area contributed by atoms with Crippen molar-refractivity contribution >= 4 is 17.5 Å². The molecule has 110 valence electrons. The molecule has 0 unspecified atom stereocenters. The Labute approximate surface area is 120 Å². The SMILES string of the molecule is CNc1ccc(C(=O)NCC(=O)NCC(C)C)cc1C. The summed E-state index contributed by atoms with van der Waals surface area (Å²) < 4.78 is 0. The van der Waals surface area contributed by atoms with Crippen molar-refractivity contribution < 1.29 is 9.59 Å². The van der Waals surface area contributed by atoms with Crippen LogP contribution in [0.1, 0.15) is 29.8 Å². The maximum atomic E-state index is 11.9. The first-order valence-electron chi connectivity index (χ1n) is 6.77. The standard InChI is InChI=1S/C15H23N3O2/c1-10(2)8-17-14(19)9-18-15(20)12-5-6-13(16-4)11(3)7-12/h5-7,10,16H,8-9H2,1-4H3,(H,17,19)(H,18,20). The van der Waals surface area contributed by atoms with E-state index >= 15 is 0 Å². The normalized spacial score (nSPS) is 10.2. The number of aryl methyl sites for hydroxylation is 1. The summed E-state index contributed by atoms with van der Waals surface area (Å²) in [6.45, 7) is 6.58. The summed E-state index contributed by atoms with van der Waals surface area (Å²) in [4.78, 5) is 23.4. The molecule has 0 bridgehead atoms. The van der Waals surface area contributed by atoms with Gasteiger partial charge in [0.2, 0.25) is 5.91 Å². The summed E-state index contributed by atoms with van der Waals surface area (Å²) in [6.07, 6.45) is 0. The molecule has 1 aromatic rings. The van der Waals surface area contributed by atoms with Gasteiger partial charge in [-0.1, -0.05) is 13.8 Å². The fraction of sp³-hybridized carbons (Fsp3) is 0.467. The first-order chi connectivity index (χ1) is 9.43. The van der Waals surface area contributed by atoms with Crippen LogP contribution in [0.15, 0.2) is 18.2 Å². The van der Waals surface area contributed by atoms with Crippen LogP contribution in [0.25, 0.3) is 0 Å². The van der Waals surface area contributed by atoms with Gasteiger partial charge < -0.3 is 16.0 Å². The van der Waals surface area contributed by atoms with Crippen LogP contribution in [0.3, 0.4) is 0 Å². The fourth-order valence-electron chi connectivity index (χ4n) is 1.73. The second kappa shape index (κ2) is 7.53. The summed E-state index contributed by atoms with van der Waals surface area (Å²) in [5, 5.41) is 8.41. The summed E-state index contributed by atoms with van der Waals surface area (Å²) >= 11 is 0. The van der Waals surface area contributed by atoms with Crippen LogP contribution < -0.4 is 16.0 Å². The maximum absolute atomic E-state index is 11.9. The average Bonchev–Trinajstić information content (AvgIpc) is 2.42. The van der Waals surface area contributed by atoms with Gasteiger partial charge in [-0.25, -0.2) is 0 Å². The van der Waals surface area contributed by atoms with Gasteiger partial charge >= 0.3 is 0 Å². The Balaban J connectivity index is 2.51. The lowest BCUT2D eigenvalue weighted by atomic mass is 10.1. The Bertz CT molecular complexity index is 484. The lowest BCUT2D eigenvalue weighted by molar-refractivity contribution is -0.120. The summed E-state index contributed by atoms with van der Waals surface area (Å²) in [5.41, 5.74) is 2.53. The predicted octanol–water partition coefficient (Wildman–Crippen LogP) is 1.54. The largest absolute Gasteiger partial charge is 0.388 e. The number of anilines is 1. The van der Waals surface area contributed by atoms with Crippen molar-refractivity contribution in [1.82, 2.24) is 10.6 Å². The number of rotatable bonds is 6. The quantitative estimate of drug-likeness (QED) is 0.738. The van der Waals surface area contributed by atoms with Crippen LogP contribution in [0, 0.1) is 12.8 Å². The zero-order valence-corrected chi connectivity index (χ0v) is 12.5. The second-order valence-electron chi connectivity index (χ2n) is 5.16. The highest BCUT2D eigenvalue weighted by molar-refractivity contribution is 5.97. The first-order valence-corrected chi connectivity index (χ1v) is 6.77. The number of carbonyl (C=O) groups is 2. The maximum Gasteiger partial charge on any atom is 0.251 e. The van der Waals surface area contributed by atoms with E-state index in [0.29, 0.717) is 18.0 Å². The fourth-order valence-corrected chi connectivity index (χ4v) is 1.73. The van der Waals surface area contributed by atoms with Gasteiger partial charge in [0.25, 0.3) is 5.91 Å². The van der Waals surface area contributed by atoms with E-state index in [1.165, 1.54) is 0 Å². The van der Waals surface area contributed by atoms with Crippen molar-refractivity contribution in [3.63, 3.8) is 0 Å². The molecule has 0 saturated heterocycles. The van der Waals surface area contributed by atoms with Crippen LogP contribution in [-0.2, 0) is 4.79 Å². The molecule has 1 aromatic carbocycles. The van der Waals surface area contributed by atoms with E-state index in [0.717, 1.165) is 11.3 Å². The van der Waals surface area contributed by atoms with Crippen molar-refractivity contribution in [1.29, 1.82) is 0 Å². The lowest BCUT2D eigenvalue weighted by Crippen LogP contribution is -2.38. The molecule has 3 N–H and O–H groups in total. The molecule has 0 atom stereocenters. The smallest absolute Gasteiger partial charge is 0.251 e. The minimum atomic E-state index is -0.240. The molecule has 0 radical (unpaired) electrons. The van der Waals surface area contributed by atoms with Crippen molar-refractivity contribution in [2.24, 2.45) is 5.92 Å². The first kappa shape index (κ1) is 16.0. The molecule has 0 heterocycles. The molecular weight excluding hydrogens is 254 g/mol. The van der Waals surface area contributed by atoms with Crippen LogP contribution in [0.4, 0.5) is 5.69 Å². The molecule has 2 amide bonds. The van der Waals surface area contributed by atoms with Crippen molar-refractivity contribution in [3.8, 4) is 0 Å². The molecule has 0 fully saturated rings. The van der Waals surface area contributed by atoms with Gasteiger partial charge in [0.1, 0.15) is 0 Å². The van der Waals surface area contributed by atoms with Gasteiger partial charge in [-0.2, -0.15) is 0 Å². The van der Waals surface area contributed by atoms with E-state index in [2.05, 4.69) is 16.0 Å². The number of carbonyl (C=O) groups excluding carboxylic acids is 2. The zero-order valence-electron chi connectivity index (χ0n) is 12.5. The molecule has 0 aliphatic rings. The molecule has 0 aliphatic carbocycles. The molecule has 0 aliphatic heterocycles. The zero-order chi connectivity index (χ0) is 15.1. The number of nitrogens with one attached hydrogen (secondary N) is 3. The molecule has 0 saturated carbocycles. The van der Waals surface area contributed by atoms with Crippen LogP contribution >= 0.6 is 0 Å². The molecule has 5 heteroatoms. The molecule has 20 heavy (non-hydrogen) atoms. The van der Waals surface area contributed by atoms with Gasteiger partial charge in [0.05, 0.1) is 6.54 Å². The van der Waals surface area contributed by atoms with E-state index in [-0.39, 0.29) is 18.4 Å². The molecular formula is C15H23N3O2. The highest BCUT2D eigenvalue weighted by atomic mass is 16.2. The van der Waals surface area contributed by atoms with Gasteiger partial charge in [0, 0.05) is 24.8 Å². The Morgan fingerprint density at radius 1 is 1.20 bits per heavy atom. The van der Waals surface area contributed by atoms with E-state index in [9.17, 15) is 9.59 Å². The third-order valence-electron chi connectivity index (χ3n) is 2.87. The van der Waals surface area contributed by atoms with Gasteiger partial charge in [-0.3, -0.25) is 9.59 Å². The van der Waals surface area contributed by atoms with Gasteiger partial charge in [-0.05, 0) is 36.6 Å². The third kappa shape index (κ3) is 4.91. The minimum absolute atomic E-state index is 0.00161. The molecule has 0 aromatic heterocycles. The number of hydrogen-bond donors (Lipinski definition) is 3. The van der Waals surface area contributed by atoms with Crippen molar-refractivity contribution in [3.05, 3.63) is 29.3 Å². The predicted molar refractivity (Wildman–Crippen MR) is 80.9 cm³/mol. The number of benzene rings is 1. The Hall–Kier alpha value is -2.04. The summed E-state index contributed by atoms with van der Waals surface area (Å²) in [5.74, 6) is -0.0162. The van der Waals surface area contributed by atoms with Crippen LogP contribution in [0.2, 0.25) is 0 Å². The van der Waals surface area contributed by atoms with E-state index in [1.807, 2.05) is 33.9 Å². The van der Waals surface area contributed by atoms with Crippen molar-refractivity contribution in [2.45, 2.75) is 20.8 Å². The Kier molecular flexibility index (Phi) is 6.03.